The molecule has 1 saturated carbocycles. The van der Waals surface area contributed by atoms with Crippen LogP contribution in [0, 0.1) is 5.92 Å². The van der Waals surface area contributed by atoms with Gasteiger partial charge < -0.3 is 10.3 Å². The molecule has 6 nitrogen and oxygen atoms in total. The van der Waals surface area contributed by atoms with Gasteiger partial charge in [-0.05, 0) is 30.0 Å². The van der Waals surface area contributed by atoms with Crippen LogP contribution >= 0.6 is 0 Å². The Kier molecular flexibility index (Phi) is 5.37. The van der Waals surface area contributed by atoms with Gasteiger partial charge in [-0.1, -0.05) is 62.4 Å². The molecule has 0 bridgehead atoms. The second-order valence-electron chi connectivity index (χ2n) is 7.42. The third-order valence-electron chi connectivity index (χ3n) is 5.34. The van der Waals surface area contributed by atoms with Crippen LogP contribution in [-0.2, 0) is 6.42 Å². The summed E-state index contributed by atoms with van der Waals surface area (Å²) in [5, 5.41) is 9.89. The van der Waals surface area contributed by atoms with Gasteiger partial charge in [0.25, 0.3) is 11.5 Å². The number of hydrogen-bond donors (Lipinski definition) is 3. The van der Waals surface area contributed by atoms with Crippen LogP contribution in [0.5, 0.6) is 0 Å². The van der Waals surface area contributed by atoms with Crippen molar-refractivity contribution >= 4 is 11.7 Å². The van der Waals surface area contributed by atoms with E-state index in [1.807, 2.05) is 36.4 Å². The smallest absolute Gasteiger partial charge is 0.262 e. The summed E-state index contributed by atoms with van der Waals surface area (Å²) in [5.74, 6) is 0.671. The van der Waals surface area contributed by atoms with Crippen LogP contribution in [0.4, 0.5) is 5.82 Å². The van der Waals surface area contributed by atoms with E-state index in [0.29, 0.717) is 17.4 Å². The van der Waals surface area contributed by atoms with Gasteiger partial charge in [-0.2, -0.15) is 5.10 Å². The van der Waals surface area contributed by atoms with E-state index in [0.717, 1.165) is 17.7 Å². The predicted molar refractivity (Wildman–Crippen MR) is 109 cm³/mol. The molecule has 1 aliphatic rings. The average Bonchev–Trinajstić information content (AvgIpc) is 3.16. The fourth-order valence-corrected chi connectivity index (χ4v) is 3.85. The Morgan fingerprint density at radius 3 is 2.61 bits per heavy atom. The molecular formula is C22H24N4O2. The molecule has 2 aromatic heterocycles. The lowest BCUT2D eigenvalue weighted by Crippen LogP contribution is -2.23. The molecule has 0 radical (unpaired) electrons. The van der Waals surface area contributed by atoms with Gasteiger partial charge in [-0.3, -0.25) is 14.7 Å². The van der Waals surface area contributed by atoms with E-state index in [9.17, 15) is 9.59 Å². The third kappa shape index (κ3) is 4.22. The molecule has 0 saturated heterocycles. The molecule has 1 amide bonds. The molecule has 1 aromatic carbocycles. The standard InChI is InChI=1S/C22H24N4O2/c27-21-18(11-12-19(23-21)16-9-5-2-6-10-16)22(28)24-20-14-17(25-26-20)13-15-7-3-1-4-8-15/h2,5-6,9-12,14-15H,1,3-4,7-8,13H2,(H,23,27)(H2,24,25,26,28). The molecule has 0 spiro atoms. The van der Waals surface area contributed by atoms with Gasteiger partial charge in [0.1, 0.15) is 5.56 Å². The highest BCUT2D eigenvalue weighted by molar-refractivity contribution is 6.03. The largest absolute Gasteiger partial charge is 0.321 e. The van der Waals surface area contributed by atoms with Crippen LogP contribution in [-0.4, -0.2) is 21.1 Å². The minimum atomic E-state index is -0.462. The van der Waals surface area contributed by atoms with Gasteiger partial charge in [-0.15, -0.1) is 0 Å². The van der Waals surface area contributed by atoms with Crippen LogP contribution in [0.25, 0.3) is 11.3 Å². The number of hydrogen-bond acceptors (Lipinski definition) is 3. The lowest BCUT2D eigenvalue weighted by atomic mass is 9.86. The molecule has 0 atom stereocenters. The first-order valence-corrected chi connectivity index (χ1v) is 9.83. The molecule has 0 aliphatic heterocycles. The number of pyridine rings is 1. The number of rotatable bonds is 5. The Hall–Kier alpha value is -3.15. The Morgan fingerprint density at radius 2 is 1.86 bits per heavy atom. The van der Waals surface area contributed by atoms with Gasteiger partial charge in [0.05, 0.1) is 0 Å². The molecule has 3 N–H and O–H groups in total. The molecule has 1 fully saturated rings. The zero-order chi connectivity index (χ0) is 19.3. The maximum Gasteiger partial charge on any atom is 0.262 e. The third-order valence-corrected chi connectivity index (χ3v) is 5.34. The summed E-state index contributed by atoms with van der Waals surface area (Å²) in [6.45, 7) is 0. The summed E-state index contributed by atoms with van der Waals surface area (Å²) in [6.07, 6.45) is 7.38. The molecule has 28 heavy (non-hydrogen) atoms. The van der Waals surface area contributed by atoms with Crippen LogP contribution in [0.15, 0.2) is 53.3 Å². The summed E-state index contributed by atoms with van der Waals surface area (Å²) in [7, 11) is 0. The summed E-state index contributed by atoms with van der Waals surface area (Å²) >= 11 is 0. The van der Waals surface area contributed by atoms with Crippen molar-refractivity contribution in [3.8, 4) is 11.3 Å². The average molecular weight is 376 g/mol. The van der Waals surface area contributed by atoms with Gasteiger partial charge >= 0.3 is 0 Å². The molecular weight excluding hydrogens is 352 g/mol. The Balaban J connectivity index is 1.43. The molecule has 4 rings (SSSR count). The lowest BCUT2D eigenvalue weighted by molar-refractivity contribution is 0.102. The number of nitrogens with one attached hydrogen (secondary N) is 3. The predicted octanol–water partition coefficient (Wildman–Crippen LogP) is 4.14. The first-order chi connectivity index (χ1) is 13.7. The van der Waals surface area contributed by atoms with Crippen molar-refractivity contribution in [2.24, 2.45) is 5.92 Å². The first kappa shape index (κ1) is 18.2. The van der Waals surface area contributed by atoms with Crippen molar-refractivity contribution in [3.05, 3.63) is 70.1 Å². The molecule has 2 heterocycles. The SMILES string of the molecule is O=C(Nc1cc(CC2CCCCC2)[nH]n1)c1ccc(-c2ccccc2)[nH]c1=O. The maximum absolute atomic E-state index is 12.5. The highest BCUT2D eigenvalue weighted by Gasteiger charge is 2.17. The number of anilines is 1. The van der Waals surface area contributed by atoms with Gasteiger partial charge in [0.2, 0.25) is 0 Å². The van der Waals surface area contributed by atoms with E-state index in [-0.39, 0.29) is 5.56 Å². The number of carbonyl (C=O) groups excluding carboxylic acids is 1. The van der Waals surface area contributed by atoms with Crippen LogP contribution in [0.1, 0.15) is 48.2 Å². The highest BCUT2D eigenvalue weighted by atomic mass is 16.2. The van der Waals surface area contributed by atoms with E-state index in [1.54, 1.807) is 12.1 Å². The number of aromatic nitrogens is 3. The number of aromatic amines is 2. The van der Waals surface area contributed by atoms with Crippen LogP contribution < -0.4 is 10.9 Å². The van der Waals surface area contributed by atoms with Gasteiger partial charge in [0, 0.05) is 17.5 Å². The summed E-state index contributed by atoms with van der Waals surface area (Å²) in [5.41, 5.74) is 2.24. The number of nitrogens with zero attached hydrogens (tertiary/aromatic N) is 1. The van der Waals surface area contributed by atoms with E-state index >= 15 is 0 Å². The monoisotopic (exact) mass is 376 g/mol. The van der Waals surface area contributed by atoms with Crippen molar-refractivity contribution in [1.29, 1.82) is 0 Å². The van der Waals surface area contributed by atoms with Crippen molar-refractivity contribution in [2.75, 3.05) is 5.32 Å². The summed E-state index contributed by atoms with van der Waals surface area (Å²) < 4.78 is 0. The van der Waals surface area contributed by atoms with E-state index in [4.69, 9.17) is 0 Å². The molecule has 1 aliphatic carbocycles. The topological polar surface area (TPSA) is 90.6 Å². The number of benzene rings is 1. The second-order valence-corrected chi connectivity index (χ2v) is 7.42. The van der Waals surface area contributed by atoms with Crippen molar-refractivity contribution in [2.45, 2.75) is 38.5 Å². The normalized spacial score (nSPS) is 14.7. The Morgan fingerprint density at radius 1 is 1.07 bits per heavy atom. The van der Waals surface area contributed by atoms with Crippen LogP contribution in [0.2, 0.25) is 0 Å². The second kappa shape index (κ2) is 8.25. The number of amides is 1. The minimum absolute atomic E-state index is 0.0662. The van der Waals surface area contributed by atoms with Crippen LogP contribution in [0.3, 0.4) is 0 Å². The molecule has 0 unspecified atom stereocenters. The lowest BCUT2D eigenvalue weighted by Gasteiger charge is -2.20. The minimum Gasteiger partial charge on any atom is -0.321 e. The van der Waals surface area contributed by atoms with Crippen molar-refractivity contribution < 1.29 is 4.79 Å². The molecule has 3 aromatic rings. The van der Waals surface area contributed by atoms with Crippen molar-refractivity contribution in [1.82, 2.24) is 15.2 Å². The van der Waals surface area contributed by atoms with Gasteiger partial charge in [0.15, 0.2) is 5.82 Å². The number of carbonyl (C=O) groups is 1. The quantitative estimate of drug-likeness (QED) is 0.625. The number of H-pyrrole nitrogens is 2. The van der Waals surface area contributed by atoms with E-state index in [2.05, 4.69) is 20.5 Å². The zero-order valence-electron chi connectivity index (χ0n) is 15.7. The fourth-order valence-electron chi connectivity index (χ4n) is 3.85. The van der Waals surface area contributed by atoms with E-state index in [1.165, 1.54) is 32.1 Å². The van der Waals surface area contributed by atoms with E-state index < -0.39 is 11.5 Å². The first-order valence-electron chi connectivity index (χ1n) is 9.83. The zero-order valence-corrected chi connectivity index (χ0v) is 15.7. The summed E-state index contributed by atoms with van der Waals surface area (Å²) in [6, 6.07) is 14.7. The molecule has 144 valence electrons. The Bertz CT molecular complexity index is 1000. The molecule has 6 heteroatoms. The van der Waals surface area contributed by atoms with Gasteiger partial charge in [-0.25, -0.2) is 0 Å². The maximum atomic E-state index is 12.5. The van der Waals surface area contributed by atoms with Crippen molar-refractivity contribution in [3.63, 3.8) is 0 Å². The Labute approximate surface area is 163 Å². The summed E-state index contributed by atoms with van der Waals surface area (Å²) in [4.78, 5) is 27.6. The fraction of sp³-hybridized carbons (Fsp3) is 0.318. The highest BCUT2D eigenvalue weighted by Crippen LogP contribution is 2.26.